The number of nitrogens with zero attached hydrogens (tertiary/aromatic N) is 1. The summed E-state index contributed by atoms with van der Waals surface area (Å²) in [7, 11) is -2.40. The highest BCUT2D eigenvalue weighted by Crippen LogP contribution is 2.30. The molecule has 1 amide bonds. The highest BCUT2D eigenvalue weighted by Gasteiger charge is 2.31. The largest absolute Gasteiger partial charge is 0.495 e. The van der Waals surface area contributed by atoms with Gasteiger partial charge >= 0.3 is 5.97 Å². The van der Waals surface area contributed by atoms with Crippen molar-refractivity contribution in [2.45, 2.75) is 75.3 Å². The van der Waals surface area contributed by atoms with Crippen LogP contribution in [0.4, 0.5) is 0 Å². The summed E-state index contributed by atoms with van der Waals surface area (Å²) >= 11 is 0. The van der Waals surface area contributed by atoms with Gasteiger partial charge in [-0.15, -0.1) is 0 Å². The van der Waals surface area contributed by atoms with Crippen LogP contribution in [-0.4, -0.2) is 56.9 Å². The van der Waals surface area contributed by atoms with Gasteiger partial charge in [0.15, 0.2) is 6.10 Å². The average Bonchev–Trinajstić information content (AvgIpc) is 3.20. The molecule has 1 saturated heterocycles. The van der Waals surface area contributed by atoms with Gasteiger partial charge in [0.1, 0.15) is 10.6 Å². The fraction of sp³-hybridized carbons (Fsp3) is 0.636. The standard InChI is InChI=1S/C22H32N2O6S/c1-16(21(25)23-18-9-5-3-4-6-10-18)30-22(26)17-11-12-19(29-2)20(15-17)31(27,28)24-13-7-8-14-24/h11-12,15-16,18H,3-10,13-14H2,1-2H3,(H,23,25)/t16-/m1/s1. The van der Waals surface area contributed by atoms with E-state index in [2.05, 4.69) is 5.32 Å². The van der Waals surface area contributed by atoms with Crippen molar-refractivity contribution in [1.29, 1.82) is 0 Å². The highest BCUT2D eigenvalue weighted by atomic mass is 32.2. The number of carbonyl (C=O) groups is 2. The summed E-state index contributed by atoms with van der Waals surface area (Å²) in [5, 5.41) is 2.97. The zero-order valence-corrected chi connectivity index (χ0v) is 19.1. The van der Waals surface area contributed by atoms with E-state index in [1.165, 1.54) is 49.4 Å². The van der Waals surface area contributed by atoms with Crippen LogP contribution >= 0.6 is 0 Å². The fourth-order valence-electron chi connectivity index (χ4n) is 4.10. The van der Waals surface area contributed by atoms with Gasteiger partial charge < -0.3 is 14.8 Å². The van der Waals surface area contributed by atoms with Gasteiger partial charge in [-0.1, -0.05) is 25.7 Å². The van der Waals surface area contributed by atoms with Crippen LogP contribution in [0.1, 0.15) is 68.6 Å². The second-order valence-corrected chi connectivity index (χ2v) is 10.1. The van der Waals surface area contributed by atoms with Crippen molar-refractivity contribution in [1.82, 2.24) is 9.62 Å². The molecule has 172 valence electrons. The van der Waals surface area contributed by atoms with Crippen molar-refractivity contribution in [2.75, 3.05) is 20.2 Å². The number of ether oxygens (including phenoxy) is 2. The van der Waals surface area contributed by atoms with Gasteiger partial charge in [-0.05, 0) is 50.8 Å². The normalized spacial score (nSPS) is 19.4. The van der Waals surface area contributed by atoms with Crippen LogP contribution in [-0.2, 0) is 19.6 Å². The molecule has 1 aliphatic heterocycles. The Kier molecular flexibility index (Phi) is 7.94. The van der Waals surface area contributed by atoms with E-state index in [-0.39, 0.29) is 28.2 Å². The molecule has 0 spiro atoms. The van der Waals surface area contributed by atoms with E-state index in [0.717, 1.165) is 38.5 Å². The summed E-state index contributed by atoms with van der Waals surface area (Å²) in [6.07, 6.45) is 7.02. The number of carbonyl (C=O) groups excluding carboxylic acids is 2. The monoisotopic (exact) mass is 452 g/mol. The molecule has 1 aromatic carbocycles. The van der Waals surface area contributed by atoms with Crippen molar-refractivity contribution in [3.8, 4) is 5.75 Å². The molecule has 9 heteroatoms. The van der Waals surface area contributed by atoms with Crippen molar-refractivity contribution >= 4 is 21.9 Å². The van der Waals surface area contributed by atoms with E-state index < -0.39 is 22.1 Å². The summed E-state index contributed by atoms with van der Waals surface area (Å²) in [4.78, 5) is 25.1. The number of rotatable bonds is 7. The Hall–Kier alpha value is -2.13. The lowest BCUT2D eigenvalue weighted by molar-refractivity contribution is -0.129. The lowest BCUT2D eigenvalue weighted by Gasteiger charge is -2.20. The van der Waals surface area contributed by atoms with Gasteiger partial charge in [-0.2, -0.15) is 4.31 Å². The number of hydrogen-bond acceptors (Lipinski definition) is 6. The van der Waals surface area contributed by atoms with E-state index in [1.54, 1.807) is 0 Å². The molecule has 1 aliphatic carbocycles. The van der Waals surface area contributed by atoms with Crippen LogP contribution in [0.25, 0.3) is 0 Å². The molecule has 2 aliphatic rings. The minimum Gasteiger partial charge on any atom is -0.495 e. The first-order valence-electron chi connectivity index (χ1n) is 11.0. The third kappa shape index (κ3) is 5.77. The van der Waals surface area contributed by atoms with Crippen molar-refractivity contribution in [3.05, 3.63) is 23.8 Å². The quantitative estimate of drug-likeness (QED) is 0.504. The fourth-order valence-corrected chi connectivity index (χ4v) is 5.80. The van der Waals surface area contributed by atoms with Crippen LogP contribution in [0.15, 0.2) is 23.1 Å². The summed E-state index contributed by atoms with van der Waals surface area (Å²) in [6.45, 7) is 2.41. The molecule has 0 unspecified atom stereocenters. The summed E-state index contributed by atoms with van der Waals surface area (Å²) < 4.78 is 37.9. The number of amides is 1. The van der Waals surface area contributed by atoms with Crippen molar-refractivity contribution in [2.24, 2.45) is 0 Å². The first-order chi connectivity index (χ1) is 14.8. The van der Waals surface area contributed by atoms with Gasteiger partial charge in [0.25, 0.3) is 5.91 Å². The summed E-state index contributed by atoms with van der Waals surface area (Å²) in [5.74, 6) is -0.912. The predicted octanol–water partition coefficient (Wildman–Crippen LogP) is 2.86. The molecule has 0 radical (unpaired) electrons. The van der Waals surface area contributed by atoms with E-state index in [0.29, 0.717) is 13.1 Å². The summed E-state index contributed by atoms with van der Waals surface area (Å²) in [5.41, 5.74) is 0.0627. The Morgan fingerprint density at radius 2 is 1.71 bits per heavy atom. The molecule has 3 rings (SSSR count). The number of nitrogens with one attached hydrogen (secondary N) is 1. The molecule has 1 saturated carbocycles. The third-order valence-corrected chi connectivity index (χ3v) is 7.86. The molecule has 2 fully saturated rings. The molecular weight excluding hydrogens is 420 g/mol. The third-order valence-electron chi connectivity index (χ3n) is 5.94. The number of sulfonamides is 1. The Morgan fingerprint density at radius 1 is 1.06 bits per heavy atom. The van der Waals surface area contributed by atoms with Crippen LogP contribution < -0.4 is 10.1 Å². The molecule has 1 atom stereocenters. The second kappa shape index (κ2) is 10.5. The van der Waals surface area contributed by atoms with Gasteiger partial charge in [0.05, 0.1) is 12.7 Å². The summed E-state index contributed by atoms with van der Waals surface area (Å²) in [6, 6.07) is 4.26. The Morgan fingerprint density at radius 3 is 2.32 bits per heavy atom. The minimum atomic E-state index is -3.78. The SMILES string of the molecule is COc1ccc(C(=O)O[C@H](C)C(=O)NC2CCCCCC2)cc1S(=O)(=O)N1CCCC1. The molecule has 0 aromatic heterocycles. The maximum Gasteiger partial charge on any atom is 0.338 e. The Labute approximate surface area is 184 Å². The van der Waals surface area contributed by atoms with E-state index in [4.69, 9.17) is 9.47 Å². The van der Waals surface area contributed by atoms with E-state index >= 15 is 0 Å². The van der Waals surface area contributed by atoms with E-state index in [9.17, 15) is 18.0 Å². The Bertz CT molecular complexity index is 887. The maximum atomic E-state index is 13.0. The van der Waals surface area contributed by atoms with Gasteiger partial charge in [0.2, 0.25) is 10.0 Å². The predicted molar refractivity (Wildman–Crippen MR) is 115 cm³/mol. The highest BCUT2D eigenvalue weighted by molar-refractivity contribution is 7.89. The number of esters is 1. The first-order valence-corrected chi connectivity index (χ1v) is 12.5. The van der Waals surface area contributed by atoms with Crippen molar-refractivity contribution in [3.63, 3.8) is 0 Å². The topological polar surface area (TPSA) is 102 Å². The molecule has 1 heterocycles. The van der Waals surface area contributed by atoms with Gasteiger partial charge in [-0.25, -0.2) is 13.2 Å². The zero-order valence-electron chi connectivity index (χ0n) is 18.3. The van der Waals surface area contributed by atoms with Crippen LogP contribution in [0, 0.1) is 0 Å². The number of hydrogen-bond donors (Lipinski definition) is 1. The zero-order chi connectivity index (χ0) is 22.4. The first kappa shape index (κ1) is 23.5. The van der Waals surface area contributed by atoms with Crippen LogP contribution in [0.3, 0.4) is 0 Å². The van der Waals surface area contributed by atoms with Crippen LogP contribution in [0.5, 0.6) is 5.75 Å². The maximum absolute atomic E-state index is 13.0. The molecule has 1 aromatic rings. The lowest BCUT2D eigenvalue weighted by atomic mass is 10.1. The van der Waals surface area contributed by atoms with Gasteiger partial charge in [0, 0.05) is 19.1 Å². The lowest BCUT2D eigenvalue weighted by Crippen LogP contribution is -2.41. The smallest absolute Gasteiger partial charge is 0.338 e. The molecular formula is C22H32N2O6S. The molecule has 0 bridgehead atoms. The Balaban J connectivity index is 1.70. The minimum absolute atomic E-state index is 0.0627. The molecule has 31 heavy (non-hydrogen) atoms. The number of benzene rings is 1. The van der Waals surface area contributed by atoms with Crippen LogP contribution in [0.2, 0.25) is 0 Å². The molecule has 8 nitrogen and oxygen atoms in total. The van der Waals surface area contributed by atoms with E-state index in [1.807, 2.05) is 0 Å². The average molecular weight is 453 g/mol. The van der Waals surface area contributed by atoms with Gasteiger partial charge in [-0.3, -0.25) is 4.79 Å². The second-order valence-electron chi connectivity index (χ2n) is 8.22. The van der Waals surface area contributed by atoms with Crippen molar-refractivity contribution < 1.29 is 27.5 Å². The number of methoxy groups -OCH3 is 1. The molecule has 1 N–H and O–H groups in total.